The fraction of sp³-hybridized carbons (Fsp3) is 0.0714. The number of ketones is 1. The first-order valence-corrected chi connectivity index (χ1v) is 7.30. The van der Waals surface area contributed by atoms with E-state index in [4.69, 9.17) is 0 Å². The van der Waals surface area contributed by atoms with E-state index in [1.807, 2.05) is 0 Å². The first kappa shape index (κ1) is 14.1. The molecule has 0 heterocycles. The number of phenols is 1. The lowest BCUT2D eigenvalue weighted by Crippen LogP contribution is -2.13. The van der Waals surface area contributed by atoms with Gasteiger partial charge < -0.3 is 5.11 Å². The van der Waals surface area contributed by atoms with E-state index in [1.165, 1.54) is 43.3 Å². The van der Waals surface area contributed by atoms with Gasteiger partial charge in [-0.2, -0.15) is 0 Å². The van der Waals surface area contributed by atoms with Gasteiger partial charge in [0.15, 0.2) is 5.78 Å². The molecule has 2 N–H and O–H groups in total. The van der Waals surface area contributed by atoms with Crippen molar-refractivity contribution in [3.05, 3.63) is 54.1 Å². The highest BCUT2D eigenvalue weighted by Crippen LogP contribution is 2.25. The van der Waals surface area contributed by atoms with Crippen molar-refractivity contribution in [1.82, 2.24) is 0 Å². The van der Waals surface area contributed by atoms with Crippen molar-refractivity contribution in [2.24, 2.45) is 0 Å². The maximum Gasteiger partial charge on any atom is 0.262 e. The van der Waals surface area contributed by atoms with Gasteiger partial charge in [0, 0.05) is 5.56 Å². The molecule has 0 aromatic heterocycles. The molecule has 0 bridgehead atoms. The predicted octanol–water partition coefficient (Wildman–Crippen LogP) is 2.40. The number of aromatic hydroxyl groups is 1. The molecular formula is C14H13NO4S. The number of carbonyl (C=O) groups excluding carboxylic acids is 1. The van der Waals surface area contributed by atoms with E-state index in [0.717, 1.165) is 0 Å². The summed E-state index contributed by atoms with van der Waals surface area (Å²) in [5.41, 5.74) is 0.537. The highest BCUT2D eigenvalue weighted by Gasteiger charge is 2.16. The van der Waals surface area contributed by atoms with Crippen LogP contribution in [-0.4, -0.2) is 19.3 Å². The van der Waals surface area contributed by atoms with E-state index >= 15 is 0 Å². The van der Waals surface area contributed by atoms with Gasteiger partial charge in [0.2, 0.25) is 0 Å². The molecule has 0 spiro atoms. The Labute approximate surface area is 116 Å². The number of Topliss-reactive ketones (excluding diaryl/α,β-unsaturated/α-hetero) is 1. The summed E-state index contributed by atoms with van der Waals surface area (Å²) in [6.45, 7) is 1.41. The van der Waals surface area contributed by atoms with Crippen LogP contribution in [0, 0.1) is 0 Å². The van der Waals surface area contributed by atoms with Gasteiger partial charge >= 0.3 is 0 Å². The number of hydrogen-bond acceptors (Lipinski definition) is 4. The summed E-state index contributed by atoms with van der Waals surface area (Å²) in [7, 11) is -3.80. The quantitative estimate of drug-likeness (QED) is 0.669. The van der Waals surface area contributed by atoms with Crippen LogP contribution >= 0.6 is 0 Å². The molecule has 0 aliphatic carbocycles. The summed E-state index contributed by atoms with van der Waals surface area (Å²) in [5.74, 6) is -0.293. The van der Waals surface area contributed by atoms with Crippen LogP contribution in [0.15, 0.2) is 53.4 Å². The zero-order chi connectivity index (χ0) is 14.8. The zero-order valence-corrected chi connectivity index (χ0v) is 11.5. The molecule has 0 radical (unpaired) electrons. The van der Waals surface area contributed by atoms with Crippen molar-refractivity contribution in [2.75, 3.05) is 4.72 Å². The summed E-state index contributed by atoms with van der Waals surface area (Å²) in [6, 6.07) is 11.6. The van der Waals surface area contributed by atoms with Gasteiger partial charge in [0.25, 0.3) is 10.0 Å². The molecule has 2 aromatic rings. The largest absolute Gasteiger partial charge is 0.506 e. The van der Waals surface area contributed by atoms with Crippen molar-refractivity contribution >= 4 is 21.5 Å². The molecule has 0 atom stereocenters. The lowest BCUT2D eigenvalue weighted by molar-refractivity contribution is 0.101. The molecule has 0 amide bonds. The Hall–Kier alpha value is -2.34. The minimum absolute atomic E-state index is 0.0192. The molecule has 104 valence electrons. The highest BCUT2D eigenvalue weighted by atomic mass is 32.2. The first-order chi connectivity index (χ1) is 9.40. The van der Waals surface area contributed by atoms with Gasteiger partial charge in [-0.1, -0.05) is 24.3 Å². The van der Waals surface area contributed by atoms with E-state index in [2.05, 4.69) is 4.72 Å². The molecule has 20 heavy (non-hydrogen) atoms. The monoisotopic (exact) mass is 291 g/mol. The van der Waals surface area contributed by atoms with Crippen LogP contribution in [0.4, 0.5) is 5.69 Å². The SMILES string of the molecule is CC(=O)c1ccc(S(=O)(=O)Nc2ccccc2O)cc1. The number of phenolic OH excluding ortho intramolecular Hbond substituents is 1. The topological polar surface area (TPSA) is 83.5 Å². The van der Waals surface area contributed by atoms with Gasteiger partial charge in [0.1, 0.15) is 5.75 Å². The van der Waals surface area contributed by atoms with Crippen LogP contribution in [0.5, 0.6) is 5.75 Å². The first-order valence-electron chi connectivity index (χ1n) is 5.82. The number of sulfonamides is 1. The third-order valence-electron chi connectivity index (χ3n) is 2.72. The summed E-state index contributed by atoms with van der Waals surface area (Å²) in [5, 5.41) is 9.57. The maximum atomic E-state index is 12.1. The molecule has 0 saturated heterocycles. The predicted molar refractivity (Wildman–Crippen MR) is 75.4 cm³/mol. The Balaban J connectivity index is 2.31. The molecule has 0 fully saturated rings. The Morgan fingerprint density at radius 3 is 2.20 bits per heavy atom. The number of anilines is 1. The Morgan fingerprint density at radius 1 is 1.05 bits per heavy atom. The summed E-state index contributed by atoms with van der Waals surface area (Å²) in [6.07, 6.45) is 0. The van der Waals surface area contributed by atoms with Gasteiger partial charge in [-0.3, -0.25) is 9.52 Å². The van der Waals surface area contributed by atoms with Crippen LogP contribution in [0.1, 0.15) is 17.3 Å². The number of benzene rings is 2. The average molecular weight is 291 g/mol. The third kappa shape index (κ3) is 2.97. The van der Waals surface area contributed by atoms with E-state index in [0.29, 0.717) is 5.56 Å². The van der Waals surface area contributed by atoms with Crippen molar-refractivity contribution in [3.8, 4) is 5.75 Å². The maximum absolute atomic E-state index is 12.1. The van der Waals surface area contributed by atoms with Crippen LogP contribution in [0.2, 0.25) is 0 Å². The number of para-hydroxylation sites is 2. The second kappa shape index (κ2) is 5.34. The minimum atomic E-state index is -3.80. The van der Waals surface area contributed by atoms with Crippen molar-refractivity contribution in [1.29, 1.82) is 0 Å². The fourth-order valence-corrected chi connectivity index (χ4v) is 2.71. The molecule has 2 aromatic carbocycles. The zero-order valence-electron chi connectivity index (χ0n) is 10.7. The van der Waals surface area contributed by atoms with E-state index in [-0.39, 0.29) is 22.1 Å². The molecule has 5 nitrogen and oxygen atoms in total. The number of carbonyl (C=O) groups is 1. The van der Waals surface area contributed by atoms with Crippen molar-refractivity contribution < 1.29 is 18.3 Å². The van der Waals surface area contributed by atoms with Crippen molar-refractivity contribution in [3.63, 3.8) is 0 Å². The molecule has 6 heteroatoms. The fourth-order valence-electron chi connectivity index (χ4n) is 1.63. The Bertz CT molecular complexity index is 736. The van der Waals surface area contributed by atoms with Gasteiger partial charge in [0.05, 0.1) is 10.6 Å². The van der Waals surface area contributed by atoms with Gasteiger partial charge in [-0.25, -0.2) is 8.42 Å². The van der Waals surface area contributed by atoms with Crippen LogP contribution < -0.4 is 4.72 Å². The van der Waals surface area contributed by atoms with Gasteiger partial charge in [-0.05, 0) is 31.2 Å². The van der Waals surface area contributed by atoms with E-state index in [9.17, 15) is 18.3 Å². The average Bonchev–Trinajstić information content (AvgIpc) is 2.41. The Kier molecular flexibility index (Phi) is 3.76. The standard InChI is InChI=1S/C14H13NO4S/c1-10(16)11-6-8-12(9-7-11)20(18,19)15-13-4-2-3-5-14(13)17/h2-9,15,17H,1H3. The van der Waals surface area contributed by atoms with E-state index in [1.54, 1.807) is 12.1 Å². The molecule has 2 rings (SSSR count). The Morgan fingerprint density at radius 2 is 1.65 bits per heavy atom. The molecule has 0 saturated carbocycles. The number of hydrogen-bond donors (Lipinski definition) is 2. The summed E-state index contributed by atoms with van der Waals surface area (Å²) < 4.78 is 26.5. The van der Waals surface area contributed by atoms with Crippen LogP contribution in [-0.2, 0) is 10.0 Å². The second-order valence-electron chi connectivity index (χ2n) is 4.20. The van der Waals surface area contributed by atoms with Gasteiger partial charge in [-0.15, -0.1) is 0 Å². The number of rotatable bonds is 4. The summed E-state index contributed by atoms with van der Waals surface area (Å²) in [4.78, 5) is 11.2. The van der Waals surface area contributed by atoms with Crippen LogP contribution in [0.25, 0.3) is 0 Å². The number of nitrogens with one attached hydrogen (secondary N) is 1. The normalized spacial score (nSPS) is 11.1. The lowest BCUT2D eigenvalue weighted by Gasteiger charge is -2.09. The third-order valence-corrected chi connectivity index (χ3v) is 4.10. The summed E-state index contributed by atoms with van der Waals surface area (Å²) >= 11 is 0. The highest BCUT2D eigenvalue weighted by molar-refractivity contribution is 7.92. The smallest absolute Gasteiger partial charge is 0.262 e. The minimum Gasteiger partial charge on any atom is -0.506 e. The van der Waals surface area contributed by atoms with E-state index < -0.39 is 10.0 Å². The van der Waals surface area contributed by atoms with Crippen LogP contribution in [0.3, 0.4) is 0 Å². The molecule has 0 aliphatic heterocycles. The molecule has 0 aliphatic rings. The van der Waals surface area contributed by atoms with Crippen molar-refractivity contribution in [2.45, 2.75) is 11.8 Å². The molecular weight excluding hydrogens is 278 g/mol. The molecule has 0 unspecified atom stereocenters. The second-order valence-corrected chi connectivity index (χ2v) is 5.89. The lowest BCUT2D eigenvalue weighted by atomic mass is 10.2.